The lowest BCUT2D eigenvalue weighted by Gasteiger charge is -2.10. The number of hydrogen-bond acceptors (Lipinski definition) is 5. The molecule has 0 spiro atoms. The van der Waals surface area contributed by atoms with Gasteiger partial charge in [-0.3, -0.25) is 0 Å². The number of carbonyl (C=O) groups excluding carboxylic acids is 1. The molecular weight excluding hydrogens is 198 g/mol. The predicted octanol–water partition coefficient (Wildman–Crippen LogP) is 1.04. The molecule has 0 fully saturated rings. The lowest BCUT2D eigenvalue weighted by atomic mass is 10.1. The molecule has 5 heteroatoms. The minimum atomic E-state index is -0.563. The molecule has 5 nitrogen and oxygen atoms in total. The van der Waals surface area contributed by atoms with E-state index in [1.807, 2.05) is 0 Å². The number of benzene rings is 1. The molecule has 15 heavy (non-hydrogen) atoms. The lowest BCUT2D eigenvalue weighted by molar-refractivity contribution is -0.0126. The van der Waals surface area contributed by atoms with Crippen LogP contribution in [0, 0.1) is 0 Å². The van der Waals surface area contributed by atoms with Gasteiger partial charge < -0.3 is 19.9 Å². The monoisotopic (exact) mass is 211 g/mol. The maximum atomic E-state index is 11.5. The molecule has 0 amide bonds. The Bertz CT molecular complexity index is 351. The fourth-order valence-corrected chi connectivity index (χ4v) is 1.12. The molecule has 1 rings (SSSR count). The molecule has 1 aromatic rings. The van der Waals surface area contributed by atoms with Crippen LogP contribution in [0.5, 0.6) is 5.75 Å². The summed E-state index contributed by atoms with van der Waals surface area (Å²) in [5.41, 5.74) is 6.18. The van der Waals surface area contributed by atoms with E-state index in [-0.39, 0.29) is 12.4 Å². The molecule has 0 aromatic heterocycles. The first-order valence-corrected chi connectivity index (χ1v) is 4.29. The van der Waals surface area contributed by atoms with Gasteiger partial charge in [-0.05, 0) is 12.1 Å². The smallest absolute Gasteiger partial charge is 0.346 e. The van der Waals surface area contributed by atoms with E-state index >= 15 is 0 Å². The highest BCUT2D eigenvalue weighted by Gasteiger charge is 2.16. The lowest BCUT2D eigenvalue weighted by Crippen LogP contribution is -2.11. The quantitative estimate of drug-likeness (QED) is 0.457. The third-order valence-electron chi connectivity index (χ3n) is 1.79. The van der Waals surface area contributed by atoms with Crippen LogP contribution in [-0.4, -0.2) is 27.0 Å². The molecule has 0 saturated heterocycles. The predicted molar refractivity (Wildman–Crippen MR) is 54.7 cm³/mol. The highest BCUT2D eigenvalue weighted by molar-refractivity contribution is 5.98. The van der Waals surface area contributed by atoms with Crippen LogP contribution in [0.1, 0.15) is 10.4 Å². The number of ether oxygens (including phenoxy) is 3. The van der Waals surface area contributed by atoms with Gasteiger partial charge in [0.1, 0.15) is 11.3 Å². The van der Waals surface area contributed by atoms with Crippen molar-refractivity contribution in [3.8, 4) is 5.75 Å². The summed E-state index contributed by atoms with van der Waals surface area (Å²) in [7, 11) is 2.89. The summed E-state index contributed by atoms with van der Waals surface area (Å²) in [4.78, 5) is 11.5. The van der Waals surface area contributed by atoms with Crippen molar-refractivity contribution >= 4 is 11.7 Å². The van der Waals surface area contributed by atoms with E-state index < -0.39 is 5.97 Å². The highest BCUT2D eigenvalue weighted by atomic mass is 16.7. The minimum absolute atomic E-state index is 0.115. The van der Waals surface area contributed by atoms with Gasteiger partial charge in [0.2, 0.25) is 0 Å². The first-order valence-electron chi connectivity index (χ1n) is 4.29. The number of hydrogen-bond donors (Lipinski definition) is 1. The molecule has 0 aliphatic rings. The molecule has 82 valence electrons. The van der Waals surface area contributed by atoms with Gasteiger partial charge in [0.15, 0.2) is 6.79 Å². The summed E-state index contributed by atoms with van der Waals surface area (Å²) in [5, 5.41) is 0. The van der Waals surface area contributed by atoms with E-state index in [2.05, 4.69) is 4.74 Å². The molecule has 0 saturated carbocycles. The number of carbonyl (C=O) groups is 1. The molecule has 0 aliphatic heterocycles. The van der Waals surface area contributed by atoms with Crippen LogP contribution in [0.4, 0.5) is 5.69 Å². The Morgan fingerprint density at radius 3 is 2.73 bits per heavy atom. The van der Waals surface area contributed by atoms with Crippen molar-refractivity contribution in [2.24, 2.45) is 0 Å². The second-order valence-electron chi connectivity index (χ2n) is 2.76. The fraction of sp³-hybridized carbons (Fsp3) is 0.300. The zero-order valence-corrected chi connectivity index (χ0v) is 8.65. The molecule has 2 N–H and O–H groups in total. The van der Waals surface area contributed by atoms with Crippen molar-refractivity contribution in [3.63, 3.8) is 0 Å². The van der Waals surface area contributed by atoms with Crippen molar-refractivity contribution in [1.29, 1.82) is 0 Å². The Morgan fingerprint density at radius 2 is 2.13 bits per heavy atom. The van der Waals surface area contributed by atoms with Crippen molar-refractivity contribution in [2.45, 2.75) is 0 Å². The van der Waals surface area contributed by atoms with Crippen LogP contribution < -0.4 is 10.5 Å². The van der Waals surface area contributed by atoms with Gasteiger partial charge in [-0.25, -0.2) is 4.79 Å². The Balaban J connectivity index is 2.95. The van der Waals surface area contributed by atoms with Crippen LogP contribution in [-0.2, 0) is 9.47 Å². The fourth-order valence-electron chi connectivity index (χ4n) is 1.12. The molecule has 0 heterocycles. The standard InChI is InChI=1S/C10H13NO4/c1-13-6-15-10(12)9-7(11)4-3-5-8(9)14-2/h3-5H,6,11H2,1-2H3. The molecule has 1 aromatic carbocycles. The Labute approximate surface area is 87.7 Å². The zero-order chi connectivity index (χ0) is 11.3. The van der Waals surface area contributed by atoms with Crippen LogP contribution in [0.3, 0.4) is 0 Å². The Morgan fingerprint density at radius 1 is 1.40 bits per heavy atom. The Kier molecular flexibility index (Phi) is 3.93. The van der Waals surface area contributed by atoms with Gasteiger partial charge >= 0.3 is 5.97 Å². The molecule has 0 aliphatic carbocycles. The molecule has 0 radical (unpaired) electrons. The van der Waals surface area contributed by atoms with Gasteiger partial charge in [0, 0.05) is 12.8 Å². The van der Waals surface area contributed by atoms with E-state index in [1.165, 1.54) is 14.2 Å². The number of rotatable bonds is 4. The van der Waals surface area contributed by atoms with Gasteiger partial charge in [0.25, 0.3) is 0 Å². The van der Waals surface area contributed by atoms with Gasteiger partial charge in [-0.1, -0.05) is 6.07 Å². The third-order valence-corrected chi connectivity index (χ3v) is 1.79. The van der Waals surface area contributed by atoms with Crippen molar-refractivity contribution in [3.05, 3.63) is 23.8 Å². The summed E-state index contributed by atoms with van der Waals surface area (Å²) in [6.07, 6.45) is 0. The van der Waals surface area contributed by atoms with E-state index in [4.69, 9.17) is 15.2 Å². The van der Waals surface area contributed by atoms with E-state index in [9.17, 15) is 4.79 Å². The summed E-state index contributed by atoms with van der Waals surface area (Å²) in [5.74, 6) is -0.178. The minimum Gasteiger partial charge on any atom is -0.496 e. The van der Waals surface area contributed by atoms with E-state index in [0.29, 0.717) is 11.4 Å². The van der Waals surface area contributed by atoms with E-state index in [0.717, 1.165) is 0 Å². The molecule has 0 bridgehead atoms. The van der Waals surface area contributed by atoms with Crippen molar-refractivity contribution in [2.75, 3.05) is 26.7 Å². The number of nitrogens with two attached hydrogens (primary N) is 1. The maximum Gasteiger partial charge on any atom is 0.346 e. The summed E-state index contributed by atoms with van der Waals surface area (Å²) < 4.78 is 14.4. The van der Waals surface area contributed by atoms with Crippen molar-refractivity contribution in [1.82, 2.24) is 0 Å². The molecular formula is C10H13NO4. The normalized spacial score (nSPS) is 9.73. The SMILES string of the molecule is COCOC(=O)c1c(N)cccc1OC. The van der Waals surface area contributed by atoms with Crippen LogP contribution in [0.2, 0.25) is 0 Å². The first-order chi connectivity index (χ1) is 7.20. The summed E-state index contributed by atoms with van der Waals surface area (Å²) in [6.45, 7) is -0.115. The van der Waals surface area contributed by atoms with Crippen LogP contribution in [0.25, 0.3) is 0 Å². The average Bonchev–Trinajstić information content (AvgIpc) is 2.25. The maximum absolute atomic E-state index is 11.5. The summed E-state index contributed by atoms with van der Waals surface area (Å²) >= 11 is 0. The van der Waals surface area contributed by atoms with Crippen molar-refractivity contribution < 1.29 is 19.0 Å². The number of nitrogen functional groups attached to an aromatic ring is 1. The van der Waals surface area contributed by atoms with Gasteiger partial charge in [-0.15, -0.1) is 0 Å². The molecule has 0 unspecified atom stereocenters. The van der Waals surface area contributed by atoms with Gasteiger partial charge in [-0.2, -0.15) is 0 Å². The Hall–Kier alpha value is -1.75. The summed E-state index contributed by atoms with van der Waals surface area (Å²) in [6, 6.07) is 4.94. The van der Waals surface area contributed by atoms with E-state index in [1.54, 1.807) is 18.2 Å². The number of esters is 1. The topological polar surface area (TPSA) is 70.8 Å². The second kappa shape index (κ2) is 5.21. The average molecular weight is 211 g/mol. The second-order valence-corrected chi connectivity index (χ2v) is 2.76. The first kappa shape index (κ1) is 11.3. The number of anilines is 1. The zero-order valence-electron chi connectivity index (χ0n) is 8.65. The van der Waals surface area contributed by atoms with Gasteiger partial charge in [0.05, 0.1) is 7.11 Å². The third kappa shape index (κ3) is 2.60. The van der Waals surface area contributed by atoms with Crippen LogP contribution in [0.15, 0.2) is 18.2 Å². The highest BCUT2D eigenvalue weighted by Crippen LogP contribution is 2.24. The number of methoxy groups -OCH3 is 2. The largest absolute Gasteiger partial charge is 0.496 e. The molecule has 0 atom stereocenters. The van der Waals surface area contributed by atoms with Crippen LogP contribution >= 0.6 is 0 Å².